The first-order chi connectivity index (χ1) is 8.74. The first-order valence-electron chi connectivity index (χ1n) is 5.09. The molecule has 0 saturated carbocycles. The van der Waals surface area contributed by atoms with Gasteiger partial charge >= 0.3 is 0 Å². The van der Waals surface area contributed by atoms with Crippen LogP contribution < -0.4 is 5.32 Å². The maximum absolute atomic E-state index is 13.4. The van der Waals surface area contributed by atoms with E-state index < -0.39 is 11.7 Å². The number of nitrogens with zero attached hydrogens (tertiary/aromatic N) is 3. The summed E-state index contributed by atoms with van der Waals surface area (Å²) >= 11 is 1.32. The summed E-state index contributed by atoms with van der Waals surface area (Å²) in [5.41, 5.74) is 1.96. The molecule has 0 saturated heterocycles. The maximum atomic E-state index is 13.4. The second-order valence-corrected chi connectivity index (χ2v) is 4.34. The number of hydrogen-bond acceptors (Lipinski definition) is 4. The topological polar surface area (TPSA) is 59.3 Å². The van der Waals surface area contributed by atoms with Crippen LogP contribution >= 0.6 is 11.3 Å². The van der Waals surface area contributed by atoms with Gasteiger partial charge in [-0.1, -0.05) is 23.5 Å². The largest absolute Gasteiger partial charge is 0.318 e. The molecule has 0 spiro atoms. The van der Waals surface area contributed by atoms with Crippen LogP contribution in [0.15, 0.2) is 36.0 Å². The van der Waals surface area contributed by atoms with E-state index in [9.17, 15) is 9.18 Å². The zero-order valence-electron chi connectivity index (χ0n) is 9.00. The fourth-order valence-corrected chi connectivity index (χ4v) is 2.10. The van der Waals surface area contributed by atoms with Gasteiger partial charge in [0.2, 0.25) is 4.96 Å². The minimum Gasteiger partial charge on any atom is -0.318 e. The number of hydrogen-bond donors (Lipinski definition) is 1. The molecule has 1 N–H and O–H groups in total. The summed E-state index contributed by atoms with van der Waals surface area (Å²) < 4.78 is 14.9. The van der Waals surface area contributed by atoms with Gasteiger partial charge in [-0.05, 0) is 12.1 Å². The number of aromatic nitrogens is 3. The number of rotatable bonds is 2. The van der Waals surface area contributed by atoms with E-state index >= 15 is 0 Å². The van der Waals surface area contributed by atoms with Crippen LogP contribution in [0.5, 0.6) is 0 Å². The second-order valence-electron chi connectivity index (χ2n) is 3.53. The third-order valence-electron chi connectivity index (χ3n) is 2.34. The SMILES string of the molecule is O=C(Nc1ccccc1F)c1cn2ncsc2n1. The normalized spacial score (nSPS) is 10.7. The van der Waals surface area contributed by atoms with E-state index in [1.807, 2.05) is 0 Å². The number of anilines is 1. The number of nitrogens with one attached hydrogen (secondary N) is 1. The van der Waals surface area contributed by atoms with Gasteiger partial charge in [-0.15, -0.1) is 0 Å². The number of halogens is 1. The van der Waals surface area contributed by atoms with Crippen molar-refractivity contribution in [2.24, 2.45) is 0 Å². The average molecular weight is 262 g/mol. The molecule has 0 fully saturated rings. The van der Waals surface area contributed by atoms with Crippen LogP contribution in [-0.2, 0) is 0 Å². The van der Waals surface area contributed by atoms with Gasteiger partial charge in [0.05, 0.1) is 11.9 Å². The number of amides is 1. The number of carbonyl (C=O) groups is 1. The summed E-state index contributed by atoms with van der Waals surface area (Å²) in [5, 5.41) is 6.43. The molecular weight excluding hydrogens is 255 g/mol. The van der Waals surface area contributed by atoms with Crippen LogP contribution in [0.25, 0.3) is 4.96 Å². The first-order valence-corrected chi connectivity index (χ1v) is 5.97. The third kappa shape index (κ3) is 1.84. The monoisotopic (exact) mass is 262 g/mol. The summed E-state index contributed by atoms with van der Waals surface area (Å²) in [5.74, 6) is -0.942. The van der Waals surface area contributed by atoms with Gasteiger partial charge in [-0.2, -0.15) is 5.10 Å². The molecule has 1 aromatic carbocycles. The van der Waals surface area contributed by atoms with E-state index in [0.717, 1.165) is 0 Å². The second kappa shape index (κ2) is 4.19. The highest BCUT2D eigenvalue weighted by molar-refractivity contribution is 7.14. The van der Waals surface area contributed by atoms with Crippen LogP contribution in [0.1, 0.15) is 10.5 Å². The summed E-state index contributed by atoms with van der Waals surface area (Å²) in [7, 11) is 0. The van der Waals surface area contributed by atoms with Crippen molar-refractivity contribution in [1.29, 1.82) is 0 Å². The maximum Gasteiger partial charge on any atom is 0.276 e. The Hall–Kier alpha value is -2.28. The van der Waals surface area contributed by atoms with E-state index in [1.165, 1.54) is 34.2 Å². The molecule has 2 aromatic heterocycles. The molecule has 7 heteroatoms. The first kappa shape index (κ1) is 10.8. The van der Waals surface area contributed by atoms with E-state index in [0.29, 0.717) is 4.96 Å². The fourth-order valence-electron chi connectivity index (χ4n) is 1.50. The predicted octanol–water partition coefficient (Wildman–Crippen LogP) is 2.18. The highest BCUT2D eigenvalue weighted by Crippen LogP contribution is 2.14. The molecule has 0 aliphatic carbocycles. The number of fused-ring (bicyclic) bond motifs is 1. The van der Waals surface area contributed by atoms with Gasteiger partial charge in [0.15, 0.2) is 0 Å². The van der Waals surface area contributed by atoms with Gasteiger partial charge in [0.25, 0.3) is 5.91 Å². The fraction of sp³-hybridized carbons (Fsp3) is 0. The Morgan fingerprint density at radius 2 is 2.22 bits per heavy atom. The van der Waals surface area contributed by atoms with E-state index in [2.05, 4.69) is 15.4 Å². The molecule has 0 aliphatic rings. The predicted molar refractivity (Wildman–Crippen MR) is 65.2 cm³/mol. The third-order valence-corrected chi connectivity index (χ3v) is 3.03. The Balaban J connectivity index is 1.87. The molecule has 0 aliphatic heterocycles. The highest BCUT2D eigenvalue weighted by atomic mass is 32.1. The molecule has 2 heterocycles. The Kier molecular flexibility index (Phi) is 2.52. The van der Waals surface area contributed by atoms with Crippen LogP contribution in [0.4, 0.5) is 10.1 Å². The minimum atomic E-state index is -0.481. The molecule has 18 heavy (non-hydrogen) atoms. The number of benzene rings is 1. The quantitative estimate of drug-likeness (QED) is 0.770. The number of imidazole rings is 1. The van der Waals surface area contributed by atoms with Crippen LogP contribution in [0.3, 0.4) is 0 Å². The molecule has 0 unspecified atom stereocenters. The molecule has 3 rings (SSSR count). The zero-order valence-corrected chi connectivity index (χ0v) is 9.82. The highest BCUT2D eigenvalue weighted by Gasteiger charge is 2.13. The van der Waals surface area contributed by atoms with Crippen molar-refractivity contribution in [1.82, 2.24) is 14.6 Å². The van der Waals surface area contributed by atoms with Crippen LogP contribution in [0, 0.1) is 5.82 Å². The average Bonchev–Trinajstić information content (AvgIpc) is 2.92. The Bertz CT molecular complexity index is 692. The van der Waals surface area contributed by atoms with Crippen LogP contribution in [-0.4, -0.2) is 20.5 Å². The molecule has 1 amide bonds. The van der Waals surface area contributed by atoms with Gasteiger partial charge in [-0.3, -0.25) is 4.79 Å². The van der Waals surface area contributed by atoms with E-state index in [4.69, 9.17) is 0 Å². The van der Waals surface area contributed by atoms with Crippen molar-refractivity contribution in [3.8, 4) is 0 Å². The van der Waals surface area contributed by atoms with Crippen molar-refractivity contribution in [2.75, 3.05) is 5.32 Å². The molecule has 90 valence electrons. The van der Waals surface area contributed by atoms with Crippen molar-refractivity contribution in [3.05, 3.63) is 47.5 Å². The van der Waals surface area contributed by atoms with Crippen molar-refractivity contribution < 1.29 is 9.18 Å². The lowest BCUT2D eigenvalue weighted by atomic mass is 10.3. The van der Waals surface area contributed by atoms with Gasteiger partial charge in [-0.25, -0.2) is 13.9 Å². The lowest BCUT2D eigenvalue weighted by Crippen LogP contribution is -2.13. The summed E-state index contributed by atoms with van der Waals surface area (Å²) in [6.07, 6.45) is 1.50. The Morgan fingerprint density at radius 3 is 3.00 bits per heavy atom. The number of carbonyl (C=O) groups excluding carboxylic acids is 1. The van der Waals surface area contributed by atoms with Gasteiger partial charge in [0.1, 0.15) is 17.0 Å². The van der Waals surface area contributed by atoms with Gasteiger partial charge in [0, 0.05) is 0 Å². The molecule has 5 nitrogen and oxygen atoms in total. The summed E-state index contributed by atoms with van der Waals surface area (Å²) in [6.45, 7) is 0. The van der Waals surface area contributed by atoms with Crippen molar-refractivity contribution in [3.63, 3.8) is 0 Å². The van der Waals surface area contributed by atoms with Gasteiger partial charge < -0.3 is 5.32 Å². The number of para-hydroxylation sites is 1. The van der Waals surface area contributed by atoms with Crippen LogP contribution in [0.2, 0.25) is 0 Å². The van der Waals surface area contributed by atoms with E-state index in [1.54, 1.807) is 17.6 Å². The lowest BCUT2D eigenvalue weighted by Gasteiger charge is -2.03. The lowest BCUT2D eigenvalue weighted by molar-refractivity contribution is 0.102. The Morgan fingerprint density at radius 1 is 1.39 bits per heavy atom. The molecule has 0 atom stereocenters. The standard InChI is InChI=1S/C11H7FN4OS/c12-7-3-1-2-4-8(7)14-10(17)9-5-16-11(15-9)18-6-13-16/h1-6H,(H,14,17). The minimum absolute atomic E-state index is 0.131. The summed E-state index contributed by atoms with van der Waals surface area (Å²) in [4.78, 5) is 16.6. The van der Waals surface area contributed by atoms with E-state index in [-0.39, 0.29) is 11.4 Å². The Labute approximate surface area is 105 Å². The van der Waals surface area contributed by atoms with Crippen molar-refractivity contribution >= 4 is 27.9 Å². The van der Waals surface area contributed by atoms with Crippen molar-refractivity contribution in [2.45, 2.75) is 0 Å². The smallest absolute Gasteiger partial charge is 0.276 e. The molecular formula is C11H7FN4OS. The molecule has 3 aromatic rings. The summed E-state index contributed by atoms with van der Waals surface area (Å²) in [6, 6.07) is 5.97. The zero-order chi connectivity index (χ0) is 12.5. The molecule has 0 bridgehead atoms. The molecule has 0 radical (unpaired) electrons.